The highest BCUT2D eigenvalue weighted by atomic mass is 16.6. The van der Waals surface area contributed by atoms with Crippen LogP contribution in [-0.2, 0) is 9.53 Å². The quantitative estimate of drug-likeness (QED) is 0.428. The molecule has 0 bridgehead atoms. The summed E-state index contributed by atoms with van der Waals surface area (Å²) in [6.45, 7) is 5.63. The number of hydrogen-bond acceptors (Lipinski definition) is 4. The number of fused-ring (bicyclic) bond motifs is 1. The summed E-state index contributed by atoms with van der Waals surface area (Å²) in [5.41, 5.74) is 2.23. The Hall–Kier alpha value is -1.39. The number of esters is 1. The lowest BCUT2D eigenvalue weighted by atomic mass is 9.85. The second-order valence-electron chi connectivity index (χ2n) is 5.26. The molecule has 4 nitrogen and oxygen atoms in total. The van der Waals surface area contributed by atoms with E-state index in [1.807, 2.05) is 19.1 Å². The van der Waals surface area contributed by atoms with Crippen molar-refractivity contribution in [2.75, 3.05) is 6.61 Å². The first kappa shape index (κ1) is 14.0. The molecule has 1 saturated heterocycles. The molecule has 0 aromatic rings. The van der Waals surface area contributed by atoms with Gasteiger partial charge in [0, 0.05) is 5.57 Å². The fourth-order valence-electron chi connectivity index (χ4n) is 2.67. The zero-order valence-corrected chi connectivity index (χ0v) is 11.1. The number of allylic oxidation sites excluding steroid dienone is 2. The maximum absolute atomic E-state index is 11.6. The van der Waals surface area contributed by atoms with Gasteiger partial charge in [-0.05, 0) is 37.8 Å². The highest BCUT2D eigenvalue weighted by molar-refractivity contribution is 5.91. The van der Waals surface area contributed by atoms with Crippen molar-refractivity contribution in [1.29, 1.82) is 0 Å². The van der Waals surface area contributed by atoms with Crippen LogP contribution in [0.1, 0.15) is 26.2 Å². The lowest BCUT2D eigenvalue weighted by Crippen LogP contribution is -2.29. The second kappa shape index (κ2) is 5.72. The van der Waals surface area contributed by atoms with Crippen molar-refractivity contribution in [1.82, 2.24) is 0 Å². The van der Waals surface area contributed by atoms with Crippen molar-refractivity contribution >= 4 is 5.97 Å². The molecule has 0 amide bonds. The molecule has 19 heavy (non-hydrogen) atoms. The fraction of sp³-hybridized carbons (Fsp3) is 0.533. The van der Waals surface area contributed by atoms with E-state index in [9.17, 15) is 15.0 Å². The summed E-state index contributed by atoms with van der Waals surface area (Å²) >= 11 is 0. The lowest BCUT2D eigenvalue weighted by molar-refractivity contribution is -0.137. The first-order chi connectivity index (χ1) is 9.02. The molecule has 2 rings (SSSR count). The third-order valence-corrected chi connectivity index (χ3v) is 3.77. The first-order valence-corrected chi connectivity index (χ1v) is 6.57. The Morgan fingerprint density at radius 2 is 2.26 bits per heavy atom. The van der Waals surface area contributed by atoms with Crippen LogP contribution < -0.4 is 0 Å². The number of rotatable bonds is 1. The van der Waals surface area contributed by atoms with E-state index >= 15 is 0 Å². The Morgan fingerprint density at radius 1 is 1.53 bits per heavy atom. The van der Waals surface area contributed by atoms with Crippen molar-refractivity contribution in [3.8, 4) is 0 Å². The molecule has 2 aliphatic rings. The van der Waals surface area contributed by atoms with Crippen LogP contribution >= 0.6 is 0 Å². The van der Waals surface area contributed by atoms with Crippen LogP contribution in [0.4, 0.5) is 0 Å². The molecule has 104 valence electrons. The van der Waals surface area contributed by atoms with E-state index in [4.69, 9.17) is 4.74 Å². The third kappa shape index (κ3) is 2.96. The Balaban J connectivity index is 2.32. The summed E-state index contributed by atoms with van der Waals surface area (Å²) in [5.74, 6) is -0.859. The van der Waals surface area contributed by atoms with Gasteiger partial charge in [0.2, 0.25) is 0 Å². The highest BCUT2D eigenvalue weighted by Crippen LogP contribution is 2.34. The van der Waals surface area contributed by atoms with Crippen LogP contribution in [0.25, 0.3) is 0 Å². The normalized spacial score (nSPS) is 32.3. The number of aliphatic hydroxyl groups is 2. The molecular weight excluding hydrogens is 244 g/mol. The van der Waals surface area contributed by atoms with Gasteiger partial charge >= 0.3 is 5.97 Å². The number of aliphatic hydroxyl groups excluding tert-OH is 2. The van der Waals surface area contributed by atoms with Crippen LogP contribution in [0.15, 0.2) is 35.5 Å². The molecule has 4 heteroatoms. The zero-order valence-electron chi connectivity index (χ0n) is 11.1. The van der Waals surface area contributed by atoms with Gasteiger partial charge in [0.15, 0.2) is 0 Å². The van der Waals surface area contributed by atoms with Gasteiger partial charge in [0.1, 0.15) is 6.10 Å². The molecule has 0 unspecified atom stereocenters. The molecule has 0 aromatic heterocycles. The SMILES string of the molecule is C=C1C(=O)O[C@@H]2C=C(C)CCC=C(CO)C[C@@H](O)[C@@H]12. The van der Waals surface area contributed by atoms with E-state index in [2.05, 4.69) is 6.58 Å². The lowest BCUT2D eigenvalue weighted by Gasteiger charge is -2.23. The number of ether oxygens (including phenoxy) is 1. The largest absolute Gasteiger partial charge is 0.454 e. The van der Waals surface area contributed by atoms with Crippen LogP contribution in [0.5, 0.6) is 0 Å². The smallest absolute Gasteiger partial charge is 0.334 e. The molecule has 1 aliphatic heterocycles. The van der Waals surface area contributed by atoms with E-state index in [0.717, 1.165) is 24.0 Å². The van der Waals surface area contributed by atoms with E-state index in [0.29, 0.717) is 12.0 Å². The van der Waals surface area contributed by atoms with Crippen molar-refractivity contribution in [2.45, 2.75) is 38.4 Å². The molecule has 0 saturated carbocycles. The first-order valence-electron chi connectivity index (χ1n) is 6.57. The minimum absolute atomic E-state index is 0.0709. The number of hydrogen-bond donors (Lipinski definition) is 2. The van der Waals surface area contributed by atoms with Crippen molar-refractivity contribution in [3.63, 3.8) is 0 Å². The average molecular weight is 264 g/mol. The van der Waals surface area contributed by atoms with Gasteiger partial charge in [-0.15, -0.1) is 0 Å². The highest BCUT2D eigenvalue weighted by Gasteiger charge is 2.42. The predicted octanol–water partition coefficient (Wildman–Crippen LogP) is 1.49. The monoisotopic (exact) mass is 264 g/mol. The van der Waals surface area contributed by atoms with Gasteiger partial charge < -0.3 is 14.9 Å². The Bertz CT molecular complexity index is 447. The van der Waals surface area contributed by atoms with Crippen molar-refractivity contribution in [2.24, 2.45) is 5.92 Å². The standard InChI is InChI=1S/C15H20O4/c1-9-4-3-5-11(8-16)7-12(17)14-10(2)15(18)19-13(14)6-9/h5-6,12-14,16-17H,2-4,7-8H2,1H3/t12-,13-,14-/m1/s1. The van der Waals surface area contributed by atoms with Crippen LogP contribution in [0, 0.1) is 5.92 Å². The second-order valence-corrected chi connectivity index (χ2v) is 5.26. The van der Waals surface area contributed by atoms with E-state index in [1.54, 1.807) is 0 Å². The predicted molar refractivity (Wildman–Crippen MR) is 71.3 cm³/mol. The summed E-state index contributed by atoms with van der Waals surface area (Å²) in [4.78, 5) is 11.6. The van der Waals surface area contributed by atoms with E-state index < -0.39 is 24.1 Å². The minimum atomic E-state index is -0.760. The Morgan fingerprint density at radius 3 is 2.95 bits per heavy atom. The molecule has 2 N–H and O–H groups in total. The maximum atomic E-state index is 11.6. The van der Waals surface area contributed by atoms with Gasteiger partial charge in [-0.1, -0.05) is 18.2 Å². The van der Waals surface area contributed by atoms with Gasteiger partial charge in [0.05, 0.1) is 18.6 Å². The molecule has 0 aromatic carbocycles. The fourth-order valence-corrected chi connectivity index (χ4v) is 2.67. The van der Waals surface area contributed by atoms with Crippen LogP contribution in [-0.4, -0.2) is 35.0 Å². The summed E-state index contributed by atoms with van der Waals surface area (Å²) in [7, 11) is 0. The summed E-state index contributed by atoms with van der Waals surface area (Å²) in [5, 5.41) is 19.6. The van der Waals surface area contributed by atoms with Gasteiger partial charge in [-0.25, -0.2) is 4.79 Å². The van der Waals surface area contributed by atoms with Crippen molar-refractivity contribution < 1.29 is 19.7 Å². The van der Waals surface area contributed by atoms with E-state index in [1.165, 1.54) is 0 Å². The Labute approximate surface area is 113 Å². The third-order valence-electron chi connectivity index (χ3n) is 3.77. The van der Waals surface area contributed by atoms with Crippen LogP contribution in [0.2, 0.25) is 0 Å². The summed E-state index contributed by atoms with van der Waals surface area (Å²) < 4.78 is 5.26. The van der Waals surface area contributed by atoms with Crippen molar-refractivity contribution in [3.05, 3.63) is 35.5 Å². The summed E-state index contributed by atoms with van der Waals surface area (Å²) in [6.07, 6.45) is 4.69. The molecule has 1 heterocycles. The van der Waals surface area contributed by atoms with Gasteiger partial charge in [0.25, 0.3) is 0 Å². The molecule has 0 spiro atoms. The van der Waals surface area contributed by atoms with Crippen LogP contribution in [0.3, 0.4) is 0 Å². The Kier molecular flexibility index (Phi) is 4.22. The summed E-state index contributed by atoms with van der Waals surface area (Å²) in [6, 6.07) is 0. The average Bonchev–Trinajstić information content (AvgIpc) is 2.63. The molecular formula is C15H20O4. The number of carbonyl (C=O) groups is 1. The van der Waals surface area contributed by atoms with Gasteiger partial charge in [-0.3, -0.25) is 0 Å². The molecule has 1 aliphatic carbocycles. The molecule has 1 fully saturated rings. The van der Waals surface area contributed by atoms with Gasteiger partial charge in [-0.2, -0.15) is 0 Å². The molecule has 3 atom stereocenters. The van der Waals surface area contributed by atoms with E-state index in [-0.39, 0.29) is 6.61 Å². The topological polar surface area (TPSA) is 66.8 Å². The zero-order chi connectivity index (χ0) is 14.0. The minimum Gasteiger partial charge on any atom is -0.454 e. The molecule has 0 radical (unpaired) electrons. The number of carbonyl (C=O) groups excluding carboxylic acids is 1. The maximum Gasteiger partial charge on any atom is 0.334 e.